The normalized spacial score (nSPS) is 13.3. The van der Waals surface area contributed by atoms with Gasteiger partial charge in [0.25, 0.3) is 11.8 Å². The summed E-state index contributed by atoms with van der Waals surface area (Å²) in [7, 11) is 1.81. The Balaban J connectivity index is 1.28. The number of aromatic nitrogens is 1. The summed E-state index contributed by atoms with van der Waals surface area (Å²) >= 11 is 0. The quantitative estimate of drug-likeness (QED) is 0.187. The average molecular weight is 518 g/mol. The summed E-state index contributed by atoms with van der Waals surface area (Å²) < 4.78 is 13.8. The lowest BCUT2D eigenvalue weighted by molar-refractivity contribution is -0.116. The SMILES string of the molecule is CNc1ccccc1NC(=O)CCCCCNC(=O)c1c(C)[nH]c(/C=C2\C(=O)Nc3ccc(F)cc32)c1C. The van der Waals surface area contributed by atoms with E-state index in [4.69, 9.17) is 0 Å². The van der Waals surface area contributed by atoms with Crippen molar-refractivity contribution in [2.24, 2.45) is 0 Å². The van der Waals surface area contributed by atoms with Gasteiger partial charge in [0.05, 0.1) is 22.5 Å². The summed E-state index contributed by atoms with van der Waals surface area (Å²) in [5, 5.41) is 11.7. The summed E-state index contributed by atoms with van der Waals surface area (Å²) in [6, 6.07) is 11.7. The number of carbonyl (C=O) groups is 3. The van der Waals surface area contributed by atoms with Crippen molar-refractivity contribution in [3.63, 3.8) is 0 Å². The number of fused-ring (bicyclic) bond motifs is 1. The van der Waals surface area contributed by atoms with Crippen LogP contribution in [0, 0.1) is 19.7 Å². The molecule has 1 aliphatic rings. The summed E-state index contributed by atoms with van der Waals surface area (Å²) in [4.78, 5) is 40.8. The fraction of sp³-hybridized carbons (Fsp3) is 0.276. The third-order valence-electron chi connectivity index (χ3n) is 6.59. The van der Waals surface area contributed by atoms with Gasteiger partial charge in [-0.3, -0.25) is 14.4 Å². The second-order valence-electron chi connectivity index (χ2n) is 9.28. The maximum atomic E-state index is 13.8. The minimum atomic E-state index is -0.426. The Morgan fingerprint density at radius 3 is 2.55 bits per heavy atom. The second kappa shape index (κ2) is 11.8. The van der Waals surface area contributed by atoms with Crippen LogP contribution in [0.2, 0.25) is 0 Å². The molecule has 0 unspecified atom stereocenters. The van der Waals surface area contributed by atoms with Crippen LogP contribution in [-0.4, -0.2) is 36.3 Å². The zero-order valence-corrected chi connectivity index (χ0v) is 21.8. The molecule has 198 valence electrons. The molecule has 0 radical (unpaired) electrons. The van der Waals surface area contributed by atoms with Gasteiger partial charge in [-0.2, -0.15) is 0 Å². The molecule has 0 bridgehead atoms. The van der Waals surface area contributed by atoms with Gasteiger partial charge in [0.2, 0.25) is 5.91 Å². The predicted molar refractivity (Wildman–Crippen MR) is 149 cm³/mol. The first-order valence-corrected chi connectivity index (χ1v) is 12.7. The highest BCUT2D eigenvalue weighted by Crippen LogP contribution is 2.34. The molecule has 4 rings (SSSR count). The first kappa shape index (κ1) is 26.7. The molecule has 3 amide bonds. The van der Waals surface area contributed by atoms with Gasteiger partial charge >= 0.3 is 0 Å². The van der Waals surface area contributed by atoms with Crippen LogP contribution in [0.4, 0.5) is 21.5 Å². The van der Waals surface area contributed by atoms with Crippen molar-refractivity contribution in [3.05, 3.63) is 76.4 Å². The van der Waals surface area contributed by atoms with E-state index in [2.05, 4.69) is 26.3 Å². The van der Waals surface area contributed by atoms with Crippen LogP contribution in [-0.2, 0) is 9.59 Å². The number of nitrogens with one attached hydrogen (secondary N) is 5. The summed E-state index contributed by atoms with van der Waals surface area (Å²) in [5.41, 5.74) is 5.56. The number of anilines is 3. The lowest BCUT2D eigenvalue weighted by atomic mass is 10.0. The number of halogens is 1. The Bertz CT molecular complexity index is 1410. The van der Waals surface area contributed by atoms with Crippen molar-refractivity contribution in [1.29, 1.82) is 0 Å². The van der Waals surface area contributed by atoms with E-state index in [1.807, 2.05) is 38.2 Å². The molecule has 0 spiro atoms. The number of aryl methyl sites for hydroxylation is 1. The number of carbonyl (C=O) groups excluding carboxylic acids is 3. The van der Waals surface area contributed by atoms with E-state index in [1.54, 1.807) is 13.0 Å². The van der Waals surface area contributed by atoms with E-state index in [-0.39, 0.29) is 17.7 Å². The highest BCUT2D eigenvalue weighted by Gasteiger charge is 2.26. The second-order valence-corrected chi connectivity index (χ2v) is 9.28. The van der Waals surface area contributed by atoms with E-state index in [1.165, 1.54) is 18.2 Å². The number of hydrogen-bond acceptors (Lipinski definition) is 4. The number of amides is 3. The molecule has 1 aromatic heterocycles. The van der Waals surface area contributed by atoms with Crippen molar-refractivity contribution < 1.29 is 18.8 Å². The number of aromatic amines is 1. The molecule has 0 aliphatic carbocycles. The topological polar surface area (TPSA) is 115 Å². The fourth-order valence-corrected chi connectivity index (χ4v) is 4.61. The Labute approximate surface area is 221 Å². The van der Waals surface area contributed by atoms with Crippen LogP contribution in [0.25, 0.3) is 11.6 Å². The fourth-order valence-electron chi connectivity index (χ4n) is 4.61. The number of benzene rings is 2. The highest BCUT2D eigenvalue weighted by atomic mass is 19.1. The Morgan fingerprint density at radius 2 is 1.79 bits per heavy atom. The summed E-state index contributed by atoms with van der Waals surface area (Å²) in [5.74, 6) is -0.989. The van der Waals surface area contributed by atoms with Crippen molar-refractivity contribution in [2.75, 3.05) is 29.5 Å². The first-order valence-electron chi connectivity index (χ1n) is 12.7. The Morgan fingerprint density at radius 1 is 1.03 bits per heavy atom. The van der Waals surface area contributed by atoms with Gasteiger partial charge in [0.1, 0.15) is 5.82 Å². The molecule has 0 saturated heterocycles. The third-order valence-corrected chi connectivity index (χ3v) is 6.59. The molecular weight excluding hydrogens is 485 g/mol. The van der Waals surface area contributed by atoms with E-state index in [9.17, 15) is 18.8 Å². The molecule has 38 heavy (non-hydrogen) atoms. The molecule has 0 atom stereocenters. The molecule has 8 nitrogen and oxygen atoms in total. The average Bonchev–Trinajstić information content (AvgIpc) is 3.35. The summed E-state index contributed by atoms with van der Waals surface area (Å²) in [6.45, 7) is 4.10. The first-order chi connectivity index (χ1) is 18.3. The van der Waals surface area contributed by atoms with Crippen molar-refractivity contribution in [1.82, 2.24) is 10.3 Å². The van der Waals surface area contributed by atoms with Gasteiger partial charge in [-0.1, -0.05) is 18.6 Å². The maximum absolute atomic E-state index is 13.8. The minimum Gasteiger partial charge on any atom is -0.386 e. The zero-order valence-electron chi connectivity index (χ0n) is 21.8. The lowest BCUT2D eigenvalue weighted by Gasteiger charge is -2.10. The van der Waals surface area contributed by atoms with Gasteiger partial charge in [-0.25, -0.2) is 4.39 Å². The van der Waals surface area contributed by atoms with Gasteiger partial charge in [0, 0.05) is 42.7 Å². The molecule has 2 heterocycles. The van der Waals surface area contributed by atoms with Crippen LogP contribution in [0.3, 0.4) is 0 Å². The monoisotopic (exact) mass is 517 g/mol. The van der Waals surface area contributed by atoms with Crippen LogP contribution in [0.15, 0.2) is 42.5 Å². The maximum Gasteiger partial charge on any atom is 0.256 e. The van der Waals surface area contributed by atoms with Crippen molar-refractivity contribution >= 4 is 46.4 Å². The van der Waals surface area contributed by atoms with E-state index in [0.717, 1.165) is 24.2 Å². The van der Waals surface area contributed by atoms with E-state index >= 15 is 0 Å². The smallest absolute Gasteiger partial charge is 0.256 e. The summed E-state index contributed by atoms with van der Waals surface area (Å²) in [6.07, 6.45) is 4.32. The van der Waals surface area contributed by atoms with Gasteiger partial charge in [-0.05, 0) is 68.7 Å². The molecule has 5 N–H and O–H groups in total. The van der Waals surface area contributed by atoms with Crippen LogP contribution < -0.4 is 21.3 Å². The number of hydrogen-bond donors (Lipinski definition) is 5. The standard InChI is InChI=1S/C29H32FN5O3/c1-17-25(16-21-20-15-19(30)12-13-22(20)35-28(21)37)33-18(2)27(17)29(38)32-14-8-4-5-11-26(36)34-24-10-7-6-9-23(24)31-3/h6-7,9-10,12-13,15-16,31,33H,4-5,8,11,14H2,1-3H3,(H,32,38)(H,34,36)(H,35,37)/b21-16-. The third kappa shape index (κ3) is 5.94. The molecule has 0 fully saturated rings. The van der Waals surface area contributed by atoms with Crippen molar-refractivity contribution in [2.45, 2.75) is 39.5 Å². The molecule has 3 aromatic rings. The van der Waals surface area contributed by atoms with Gasteiger partial charge < -0.3 is 26.3 Å². The van der Waals surface area contributed by atoms with E-state index < -0.39 is 5.82 Å². The van der Waals surface area contributed by atoms with Crippen molar-refractivity contribution in [3.8, 4) is 0 Å². The number of para-hydroxylation sites is 2. The molecular formula is C29H32FN5O3. The van der Waals surface area contributed by atoms with E-state index in [0.29, 0.717) is 58.7 Å². The zero-order chi connectivity index (χ0) is 27.2. The number of unbranched alkanes of at least 4 members (excludes halogenated alkanes) is 2. The van der Waals surface area contributed by atoms with Crippen LogP contribution in [0.5, 0.6) is 0 Å². The Hall–Kier alpha value is -4.40. The van der Waals surface area contributed by atoms with Gasteiger partial charge in [-0.15, -0.1) is 0 Å². The van der Waals surface area contributed by atoms with Crippen LogP contribution >= 0.6 is 0 Å². The van der Waals surface area contributed by atoms with Gasteiger partial charge in [0.15, 0.2) is 0 Å². The molecule has 9 heteroatoms. The molecule has 2 aromatic carbocycles. The molecule has 0 saturated carbocycles. The Kier molecular flexibility index (Phi) is 8.25. The molecule has 1 aliphatic heterocycles. The van der Waals surface area contributed by atoms with Crippen LogP contribution in [0.1, 0.15) is 58.6 Å². The predicted octanol–water partition coefficient (Wildman–Crippen LogP) is 5.23. The number of H-pyrrole nitrogens is 1. The minimum absolute atomic E-state index is 0.0433. The highest BCUT2D eigenvalue weighted by molar-refractivity contribution is 6.34. The largest absolute Gasteiger partial charge is 0.386 e. The number of rotatable bonds is 10. The lowest BCUT2D eigenvalue weighted by Crippen LogP contribution is -2.25.